The van der Waals surface area contributed by atoms with Gasteiger partial charge in [0.1, 0.15) is 29.0 Å². The minimum absolute atomic E-state index is 0.0137. The molecule has 2 fully saturated rings. The molecular weight excluding hydrogens is 468 g/mol. The van der Waals surface area contributed by atoms with Crippen molar-refractivity contribution >= 4 is 23.9 Å². The summed E-state index contributed by atoms with van der Waals surface area (Å²) in [6, 6.07) is 3.40. The van der Waals surface area contributed by atoms with Gasteiger partial charge in [-0.05, 0) is 64.2 Å². The summed E-state index contributed by atoms with van der Waals surface area (Å²) in [5.41, 5.74) is -2.90. The fourth-order valence-electron chi connectivity index (χ4n) is 5.94. The number of aliphatic carboxylic acids is 1. The van der Waals surface area contributed by atoms with Crippen LogP contribution in [0.3, 0.4) is 0 Å². The van der Waals surface area contributed by atoms with E-state index in [0.717, 1.165) is 0 Å². The number of rotatable bonds is 7. The van der Waals surface area contributed by atoms with Crippen molar-refractivity contribution in [1.29, 1.82) is 0 Å². The Kier molecular flexibility index (Phi) is 6.68. The van der Waals surface area contributed by atoms with Gasteiger partial charge in [0, 0.05) is 24.0 Å². The van der Waals surface area contributed by atoms with Crippen LogP contribution in [0.25, 0.3) is 0 Å². The van der Waals surface area contributed by atoms with E-state index in [4.69, 9.17) is 23.7 Å². The van der Waals surface area contributed by atoms with Gasteiger partial charge >= 0.3 is 23.9 Å². The molecule has 4 rings (SSSR count). The summed E-state index contributed by atoms with van der Waals surface area (Å²) < 4.78 is 22.6. The molecule has 2 heterocycles. The topological polar surface area (TPSA) is 129 Å². The van der Waals surface area contributed by atoms with Gasteiger partial charge in [0.15, 0.2) is 0 Å². The molecule has 1 N–H and O–H groups in total. The maximum absolute atomic E-state index is 13.6. The predicted octanol–water partition coefficient (Wildman–Crippen LogP) is 4.03. The van der Waals surface area contributed by atoms with Crippen molar-refractivity contribution in [3.63, 3.8) is 0 Å². The van der Waals surface area contributed by atoms with Gasteiger partial charge in [-0.2, -0.15) is 0 Å². The molecule has 0 spiro atoms. The molecule has 4 atom stereocenters. The third-order valence-corrected chi connectivity index (χ3v) is 7.72. The molecule has 0 aromatic carbocycles. The highest BCUT2D eigenvalue weighted by Gasteiger charge is 2.74. The molecule has 3 aliphatic rings. The minimum Gasteiger partial charge on any atom is -0.478 e. The second kappa shape index (κ2) is 9.44. The highest BCUT2D eigenvalue weighted by atomic mass is 16.6. The first-order valence-corrected chi connectivity index (χ1v) is 11.9. The van der Waals surface area contributed by atoms with Crippen LogP contribution < -0.4 is 0 Å². The molecule has 1 saturated carbocycles. The fourth-order valence-corrected chi connectivity index (χ4v) is 5.94. The average molecular weight is 499 g/mol. The summed E-state index contributed by atoms with van der Waals surface area (Å²) in [4.78, 5) is 49.9. The van der Waals surface area contributed by atoms with Gasteiger partial charge < -0.3 is 23.7 Å². The molecule has 0 amide bonds. The summed E-state index contributed by atoms with van der Waals surface area (Å²) in [6.07, 6.45) is 9.52. The Bertz CT molecular complexity index is 1160. The summed E-state index contributed by atoms with van der Waals surface area (Å²) in [7, 11) is 0. The molecule has 9 nitrogen and oxygen atoms in total. The monoisotopic (exact) mass is 498 g/mol. The van der Waals surface area contributed by atoms with Gasteiger partial charge in [-0.1, -0.05) is 18.2 Å². The molecule has 1 saturated heterocycles. The molecule has 2 aliphatic carbocycles. The van der Waals surface area contributed by atoms with Crippen LogP contribution in [-0.4, -0.2) is 40.2 Å². The lowest BCUT2D eigenvalue weighted by Crippen LogP contribution is -2.65. The first-order chi connectivity index (χ1) is 17.0. The van der Waals surface area contributed by atoms with E-state index in [0.29, 0.717) is 24.2 Å². The molecule has 1 aromatic rings. The molecule has 1 unspecified atom stereocenters. The van der Waals surface area contributed by atoms with Gasteiger partial charge in [-0.15, -0.1) is 0 Å². The maximum Gasteiger partial charge on any atom is 0.334 e. The van der Waals surface area contributed by atoms with E-state index in [-0.39, 0.29) is 37.4 Å². The number of hydrogen-bond acceptors (Lipinski definition) is 8. The summed E-state index contributed by atoms with van der Waals surface area (Å²) in [5.74, 6) is -2.45. The summed E-state index contributed by atoms with van der Waals surface area (Å²) in [5, 5.41) is 9.12. The largest absolute Gasteiger partial charge is 0.478 e. The second-order valence-electron chi connectivity index (χ2n) is 9.83. The third kappa shape index (κ3) is 4.27. The zero-order chi connectivity index (χ0) is 26.1. The van der Waals surface area contributed by atoms with Crippen LogP contribution in [0.4, 0.5) is 0 Å². The number of hydrogen-bond donors (Lipinski definition) is 1. The molecule has 192 valence electrons. The standard InChI is InChI=1S/C27H30O9/c1-17(22(29)30)6-4-11-25(3)21-10-13-26(24(32)36-25)12-8-19(9-14-27(21,26)35-18(2)28)23(31)34-16-20-7-5-15-33-20/h4-8,11,15,21H,9-10,12-14,16H2,1-3H3,(H,29,30)/t21-,25?,26+,27-/m1/s1. The van der Waals surface area contributed by atoms with E-state index >= 15 is 0 Å². The molecule has 36 heavy (non-hydrogen) atoms. The lowest BCUT2D eigenvalue weighted by molar-refractivity contribution is -0.235. The second-order valence-corrected chi connectivity index (χ2v) is 9.83. The quantitative estimate of drug-likeness (QED) is 0.256. The Morgan fingerprint density at radius 1 is 1.25 bits per heavy atom. The van der Waals surface area contributed by atoms with E-state index in [2.05, 4.69) is 0 Å². The average Bonchev–Trinajstić information content (AvgIpc) is 3.37. The van der Waals surface area contributed by atoms with E-state index in [1.165, 1.54) is 26.2 Å². The maximum atomic E-state index is 13.6. The fraction of sp³-hybridized carbons (Fsp3) is 0.481. The Morgan fingerprint density at radius 2 is 2.03 bits per heavy atom. The van der Waals surface area contributed by atoms with Crippen molar-refractivity contribution in [3.05, 3.63) is 59.6 Å². The molecule has 2 bridgehead atoms. The molecule has 9 heteroatoms. The highest BCUT2D eigenvalue weighted by Crippen LogP contribution is 2.65. The first-order valence-electron chi connectivity index (χ1n) is 11.9. The molecular formula is C27H30O9. The molecule has 1 aromatic heterocycles. The van der Waals surface area contributed by atoms with Crippen LogP contribution in [0.1, 0.15) is 58.6 Å². The number of allylic oxidation sites excluding steroid dienone is 3. The van der Waals surface area contributed by atoms with E-state index in [9.17, 15) is 19.2 Å². The van der Waals surface area contributed by atoms with Crippen LogP contribution in [0, 0.1) is 11.3 Å². The van der Waals surface area contributed by atoms with E-state index in [1.54, 1.807) is 37.3 Å². The molecule has 0 radical (unpaired) electrons. The van der Waals surface area contributed by atoms with Crippen molar-refractivity contribution in [3.8, 4) is 0 Å². The Morgan fingerprint density at radius 3 is 2.69 bits per heavy atom. The number of carboxylic acid groups (broad SMARTS) is 1. The van der Waals surface area contributed by atoms with Gasteiger partial charge in [0.05, 0.1) is 6.26 Å². The number of cyclic esters (lactones) is 1. The van der Waals surface area contributed by atoms with Crippen molar-refractivity contribution in [2.75, 3.05) is 0 Å². The number of furan rings is 1. The normalized spacial score (nSPS) is 31.8. The van der Waals surface area contributed by atoms with Crippen LogP contribution in [0.5, 0.6) is 0 Å². The van der Waals surface area contributed by atoms with E-state index < -0.39 is 40.5 Å². The first kappa shape index (κ1) is 25.5. The Balaban J connectivity index is 1.65. The number of carbonyl (C=O) groups excluding carboxylic acids is 3. The van der Waals surface area contributed by atoms with Gasteiger partial charge in [-0.25, -0.2) is 9.59 Å². The lowest BCUT2D eigenvalue weighted by Gasteiger charge is -2.54. The number of esters is 3. The zero-order valence-electron chi connectivity index (χ0n) is 20.6. The minimum atomic E-state index is -1.18. The van der Waals surface area contributed by atoms with Crippen molar-refractivity contribution in [2.24, 2.45) is 11.3 Å². The SMILES string of the molecule is CC(=O)O[C@@]12CCC(C(=O)OCc3ccco3)=CC[C@@]13CC[C@@H]2C(C)(C=CC=C(C)C(=O)O)OC3=O. The highest BCUT2D eigenvalue weighted by molar-refractivity contribution is 5.90. The number of carbonyl (C=O) groups is 4. The summed E-state index contributed by atoms with van der Waals surface area (Å²) in [6.45, 7) is 4.50. The van der Waals surface area contributed by atoms with Crippen LogP contribution in [0.2, 0.25) is 0 Å². The summed E-state index contributed by atoms with van der Waals surface area (Å²) >= 11 is 0. The Hall–Kier alpha value is -3.62. The van der Waals surface area contributed by atoms with Crippen molar-refractivity contribution < 1.29 is 42.9 Å². The van der Waals surface area contributed by atoms with Gasteiger partial charge in [-0.3, -0.25) is 9.59 Å². The number of ether oxygens (including phenoxy) is 3. The third-order valence-electron chi connectivity index (χ3n) is 7.72. The zero-order valence-corrected chi connectivity index (χ0v) is 20.6. The van der Waals surface area contributed by atoms with Gasteiger partial charge in [0.25, 0.3) is 0 Å². The predicted molar refractivity (Wildman–Crippen MR) is 125 cm³/mol. The Labute approximate surface area is 208 Å². The molecule has 1 aliphatic heterocycles. The number of carboxylic acids is 1. The van der Waals surface area contributed by atoms with Gasteiger partial charge in [0.2, 0.25) is 0 Å². The van der Waals surface area contributed by atoms with Crippen LogP contribution in [-0.2, 0) is 40.0 Å². The smallest absolute Gasteiger partial charge is 0.334 e. The van der Waals surface area contributed by atoms with E-state index in [1.807, 2.05) is 0 Å². The van der Waals surface area contributed by atoms with Crippen molar-refractivity contribution in [2.45, 2.75) is 70.7 Å². The van der Waals surface area contributed by atoms with Crippen LogP contribution in [0.15, 0.2) is 58.3 Å². The van der Waals surface area contributed by atoms with Crippen LogP contribution >= 0.6 is 0 Å². The van der Waals surface area contributed by atoms with Crippen molar-refractivity contribution in [1.82, 2.24) is 0 Å². The lowest BCUT2D eigenvalue weighted by atomic mass is 9.62.